The third-order valence-corrected chi connectivity index (χ3v) is 5.18. The van der Waals surface area contributed by atoms with E-state index in [4.69, 9.17) is 5.11 Å². The lowest BCUT2D eigenvalue weighted by molar-refractivity contribution is 0.0590. The van der Waals surface area contributed by atoms with Gasteiger partial charge in [-0.25, -0.2) is 18.2 Å². The summed E-state index contributed by atoms with van der Waals surface area (Å²) < 4.78 is 29.2. The Morgan fingerprint density at radius 3 is 2.82 bits per heavy atom. The molecule has 0 spiro atoms. The number of carbonyl (C=O) groups excluding carboxylic acids is 1. The van der Waals surface area contributed by atoms with Crippen molar-refractivity contribution < 1.29 is 23.1 Å². The average Bonchev–Trinajstić information content (AvgIpc) is 2.77. The van der Waals surface area contributed by atoms with Crippen LogP contribution in [0.4, 0.5) is 0 Å². The Morgan fingerprint density at radius 2 is 2.29 bits per heavy atom. The molecule has 1 heterocycles. The molecule has 0 saturated carbocycles. The van der Waals surface area contributed by atoms with Gasteiger partial charge < -0.3 is 9.84 Å². The molecule has 0 unspecified atom stereocenters. The van der Waals surface area contributed by atoms with Crippen LogP contribution >= 0.6 is 11.3 Å². The number of rotatable bonds is 5. The number of nitrogens with zero attached hydrogens (tertiary/aromatic N) is 2. The molecule has 1 aromatic heterocycles. The van der Waals surface area contributed by atoms with Gasteiger partial charge in [0.05, 0.1) is 19.2 Å². The summed E-state index contributed by atoms with van der Waals surface area (Å²) in [6, 6.07) is 0. The molecule has 17 heavy (non-hydrogen) atoms. The number of carbonyl (C=O) groups is 1. The zero-order valence-electron chi connectivity index (χ0n) is 9.28. The molecule has 0 saturated heterocycles. The van der Waals surface area contributed by atoms with E-state index >= 15 is 0 Å². The van der Waals surface area contributed by atoms with Gasteiger partial charge in [0, 0.05) is 13.6 Å². The van der Waals surface area contributed by atoms with Crippen LogP contribution in [0.3, 0.4) is 0 Å². The number of sulfonamides is 1. The van der Waals surface area contributed by atoms with Crippen molar-refractivity contribution in [1.29, 1.82) is 0 Å². The summed E-state index contributed by atoms with van der Waals surface area (Å²) in [6.07, 6.45) is 0. The van der Waals surface area contributed by atoms with Gasteiger partial charge in [0.1, 0.15) is 0 Å². The van der Waals surface area contributed by atoms with Crippen molar-refractivity contribution in [2.24, 2.45) is 0 Å². The Bertz CT molecular complexity index is 496. The fourth-order valence-corrected chi connectivity index (χ4v) is 3.54. The van der Waals surface area contributed by atoms with Crippen LogP contribution in [-0.4, -0.2) is 56.1 Å². The van der Waals surface area contributed by atoms with Crippen LogP contribution in [-0.2, 0) is 14.8 Å². The molecule has 0 fully saturated rings. The summed E-state index contributed by atoms with van der Waals surface area (Å²) in [5.41, 5.74) is 1.02. The van der Waals surface area contributed by atoms with Gasteiger partial charge in [0.2, 0.25) is 0 Å². The second-order valence-corrected chi connectivity index (χ2v) is 6.13. The molecule has 0 aliphatic rings. The standard InChI is InChI=1S/C8H12N2O5S2/c1-10(3-4-11)17(13,14)8-6(7(12)15-2)9-5-16-8/h5,11H,3-4H2,1-2H3. The van der Waals surface area contributed by atoms with Crippen molar-refractivity contribution in [3.8, 4) is 0 Å². The summed E-state index contributed by atoms with van der Waals surface area (Å²) in [5, 5.41) is 8.71. The highest BCUT2D eigenvalue weighted by atomic mass is 32.2. The van der Waals surface area contributed by atoms with Gasteiger partial charge in [-0.05, 0) is 0 Å². The first-order valence-corrected chi connectivity index (χ1v) is 6.86. The zero-order chi connectivity index (χ0) is 13.1. The van der Waals surface area contributed by atoms with Crippen LogP contribution in [0.25, 0.3) is 0 Å². The molecule has 0 bridgehead atoms. The van der Waals surface area contributed by atoms with E-state index in [1.807, 2.05) is 0 Å². The van der Waals surface area contributed by atoms with E-state index in [0.717, 1.165) is 22.8 Å². The molecule has 7 nitrogen and oxygen atoms in total. The highest BCUT2D eigenvalue weighted by Crippen LogP contribution is 2.23. The summed E-state index contributed by atoms with van der Waals surface area (Å²) in [5.74, 6) is -0.803. The molecular formula is C8H12N2O5S2. The molecule has 1 N–H and O–H groups in total. The molecule has 1 rings (SSSR count). The minimum absolute atomic E-state index is 0.0547. The minimum Gasteiger partial charge on any atom is -0.464 e. The number of methoxy groups -OCH3 is 1. The molecule has 9 heteroatoms. The molecule has 0 aliphatic carbocycles. The van der Waals surface area contributed by atoms with E-state index in [9.17, 15) is 13.2 Å². The summed E-state index contributed by atoms with van der Waals surface area (Å²) in [7, 11) is -1.35. The summed E-state index contributed by atoms with van der Waals surface area (Å²) in [6.45, 7) is -0.358. The van der Waals surface area contributed by atoms with E-state index in [1.165, 1.54) is 12.6 Å². The number of esters is 1. The molecule has 96 valence electrons. The summed E-state index contributed by atoms with van der Waals surface area (Å²) in [4.78, 5) is 15.0. The van der Waals surface area contributed by atoms with E-state index in [1.54, 1.807) is 0 Å². The number of likely N-dealkylation sites (N-methyl/N-ethyl adjacent to an activating group) is 1. The third-order valence-electron chi connectivity index (χ3n) is 1.97. The predicted molar refractivity (Wildman–Crippen MR) is 60.4 cm³/mol. The second kappa shape index (κ2) is 5.54. The normalized spacial score (nSPS) is 11.8. The van der Waals surface area contributed by atoms with Gasteiger partial charge in [-0.3, -0.25) is 0 Å². The Balaban J connectivity index is 3.16. The smallest absolute Gasteiger partial charge is 0.358 e. The lowest BCUT2D eigenvalue weighted by atomic mass is 10.5. The first-order chi connectivity index (χ1) is 7.95. The first kappa shape index (κ1) is 14.0. The largest absolute Gasteiger partial charge is 0.464 e. The Kier molecular flexibility index (Phi) is 4.57. The quantitative estimate of drug-likeness (QED) is 0.733. The van der Waals surface area contributed by atoms with Gasteiger partial charge in [-0.15, -0.1) is 11.3 Å². The second-order valence-electron chi connectivity index (χ2n) is 3.03. The zero-order valence-corrected chi connectivity index (χ0v) is 10.9. The van der Waals surface area contributed by atoms with E-state index in [-0.39, 0.29) is 23.1 Å². The number of ether oxygens (including phenoxy) is 1. The van der Waals surface area contributed by atoms with Crippen LogP contribution in [0.1, 0.15) is 10.5 Å². The van der Waals surface area contributed by atoms with Crippen LogP contribution in [0.2, 0.25) is 0 Å². The maximum absolute atomic E-state index is 12.0. The van der Waals surface area contributed by atoms with Crippen molar-refractivity contribution in [1.82, 2.24) is 9.29 Å². The Hall–Kier alpha value is -1.03. The maximum atomic E-state index is 12.0. The minimum atomic E-state index is -3.82. The van der Waals surface area contributed by atoms with Crippen LogP contribution < -0.4 is 0 Å². The Labute approximate surface area is 103 Å². The number of hydrogen-bond acceptors (Lipinski definition) is 7. The average molecular weight is 280 g/mol. The monoisotopic (exact) mass is 280 g/mol. The predicted octanol–water partition coefficient (Wildman–Crippen LogP) is -0.457. The molecule has 0 amide bonds. The molecule has 1 aromatic rings. The van der Waals surface area contributed by atoms with Gasteiger partial charge in [-0.2, -0.15) is 4.31 Å². The van der Waals surface area contributed by atoms with Crippen molar-refractivity contribution in [3.05, 3.63) is 11.2 Å². The molecule has 0 aliphatic heterocycles. The lowest BCUT2D eigenvalue weighted by Crippen LogP contribution is -2.30. The molecule has 0 aromatic carbocycles. The van der Waals surface area contributed by atoms with Gasteiger partial charge in [-0.1, -0.05) is 0 Å². The lowest BCUT2D eigenvalue weighted by Gasteiger charge is -2.14. The number of hydrogen-bond donors (Lipinski definition) is 1. The van der Waals surface area contributed by atoms with Gasteiger partial charge >= 0.3 is 5.97 Å². The third kappa shape index (κ3) is 2.80. The van der Waals surface area contributed by atoms with E-state index in [0.29, 0.717) is 0 Å². The van der Waals surface area contributed by atoms with Gasteiger partial charge in [0.25, 0.3) is 10.0 Å². The Morgan fingerprint density at radius 1 is 1.65 bits per heavy atom. The van der Waals surface area contributed by atoms with Gasteiger partial charge in [0.15, 0.2) is 9.90 Å². The van der Waals surface area contributed by atoms with E-state index < -0.39 is 16.0 Å². The van der Waals surface area contributed by atoms with Crippen molar-refractivity contribution in [2.45, 2.75) is 4.21 Å². The topological polar surface area (TPSA) is 96.8 Å². The van der Waals surface area contributed by atoms with Crippen LogP contribution in [0.15, 0.2) is 9.72 Å². The van der Waals surface area contributed by atoms with Crippen LogP contribution in [0.5, 0.6) is 0 Å². The van der Waals surface area contributed by atoms with E-state index in [2.05, 4.69) is 9.72 Å². The highest BCUT2D eigenvalue weighted by molar-refractivity contribution is 7.91. The number of thiazole rings is 1. The number of aromatic nitrogens is 1. The molecule has 0 radical (unpaired) electrons. The van der Waals surface area contributed by atoms with Crippen molar-refractivity contribution in [2.75, 3.05) is 27.3 Å². The first-order valence-electron chi connectivity index (χ1n) is 4.54. The van der Waals surface area contributed by atoms with Crippen LogP contribution in [0, 0.1) is 0 Å². The molecule has 0 atom stereocenters. The number of aliphatic hydroxyl groups excluding tert-OH is 1. The van der Waals surface area contributed by atoms with Crippen molar-refractivity contribution in [3.63, 3.8) is 0 Å². The molecular weight excluding hydrogens is 268 g/mol. The number of aliphatic hydroxyl groups is 1. The van der Waals surface area contributed by atoms with Crippen molar-refractivity contribution >= 4 is 27.3 Å². The maximum Gasteiger partial charge on any atom is 0.358 e. The fourth-order valence-electron chi connectivity index (χ4n) is 1.05. The SMILES string of the molecule is COC(=O)c1ncsc1S(=O)(=O)N(C)CCO. The summed E-state index contributed by atoms with van der Waals surface area (Å²) >= 11 is 0.831. The fraction of sp³-hybridized carbons (Fsp3) is 0.500. The highest BCUT2D eigenvalue weighted by Gasteiger charge is 2.29.